The van der Waals surface area contributed by atoms with E-state index in [9.17, 15) is 4.79 Å². The Morgan fingerprint density at radius 2 is 2.21 bits per heavy atom. The highest BCUT2D eigenvalue weighted by Crippen LogP contribution is 2.63. The largest absolute Gasteiger partial charge is 0.339 e. The maximum atomic E-state index is 11.7. The first kappa shape index (κ1) is 8.75. The molecule has 0 N–H and O–H groups in total. The number of carbonyl (C=O) groups excluding carboxylic acids is 1. The molecule has 0 unspecified atom stereocenters. The molecule has 2 heteroatoms. The molecule has 1 aliphatic heterocycles. The molecular formula is C12H19NO. The summed E-state index contributed by atoms with van der Waals surface area (Å²) in [5.41, 5.74) is 0.512. The molecule has 0 radical (unpaired) electrons. The Morgan fingerprint density at radius 1 is 1.36 bits per heavy atom. The molecule has 0 aromatic rings. The molecule has 2 saturated carbocycles. The lowest BCUT2D eigenvalue weighted by Gasteiger charge is -2.19. The van der Waals surface area contributed by atoms with E-state index < -0.39 is 0 Å². The number of amides is 1. The van der Waals surface area contributed by atoms with E-state index in [4.69, 9.17) is 0 Å². The van der Waals surface area contributed by atoms with Crippen LogP contribution in [-0.2, 0) is 4.79 Å². The first-order valence-corrected chi connectivity index (χ1v) is 6.03. The van der Waals surface area contributed by atoms with Gasteiger partial charge in [-0.2, -0.15) is 0 Å². The Morgan fingerprint density at radius 3 is 2.79 bits per heavy atom. The van der Waals surface area contributed by atoms with Crippen molar-refractivity contribution in [1.82, 2.24) is 4.90 Å². The average molecular weight is 193 g/mol. The zero-order chi connectivity index (χ0) is 9.76. The van der Waals surface area contributed by atoms with Crippen LogP contribution in [0.4, 0.5) is 0 Å². The van der Waals surface area contributed by atoms with Crippen LogP contribution in [0.15, 0.2) is 0 Å². The molecule has 14 heavy (non-hydrogen) atoms. The molecule has 0 aromatic heterocycles. The second-order valence-electron chi connectivity index (χ2n) is 5.49. The zero-order valence-electron chi connectivity index (χ0n) is 8.96. The van der Waals surface area contributed by atoms with Crippen molar-refractivity contribution in [3.05, 3.63) is 0 Å². The first-order chi connectivity index (χ1) is 6.73. The number of carbonyl (C=O) groups is 1. The van der Waals surface area contributed by atoms with Gasteiger partial charge in [0.2, 0.25) is 5.91 Å². The smallest absolute Gasteiger partial charge is 0.222 e. The number of hydrogen-bond acceptors (Lipinski definition) is 1. The van der Waals surface area contributed by atoms with Crippen LogP contribution < -0.4 is 0 Å². The minimum Gasteiger partial charge on any atom is -0.339 e. The van der Waals surface area contributed by atoms with Gasteiger partial charge in [0, 0.05) is 19.0 Å². The van der Waals surface area contributed by atoms with E-state index >= 15 is 0 Å². The molecule has 78 valence electrons. The van der Waals surface area contributed by atoms with Crippen molar-refractivity contribution in [3.63, 3.8) is 0 Å². The van der Waals surface area contributed by atoms with Crippen molar-refractivity contribution >= 4 is 5.91 Å². The molecule has 1 saturated heterocycles. The number of likely N-dealkylation sites (tertiary alicyclic amines) is 1. The predicted molar refractivity (Wildman–Crippen MR) is 54.8 cm³/mol. The highest BCUT2D eigenvalue weighted by atomic mass is 16.2. The van der Waals surface area contributed by atoms with E-state index in [2.05, 4.69) is 11.8 Å². The third-order valence-electron chi connectivity index (χ3n) is 4.72. The maximum absolute atomic E-state index is 11.7. The third kappa shape index (κ3) is 0.999. The van der Waals surface area contributed by atoms with Crippen LogP contribution in [0.5, 0.6) is 0 Å². The van der Waals surface area contributed by atoms with Crippen LogP contribution in [0.1, 0.15) is 45.4 Å². The topological polar surface area (TPSA) is 20.3 Å². The molecule has 0 spiro atoms. The number of fused-ring (bicyclic) bond motifs is 1. The predicted octanol–water partition coefficient (Wildman–Crippen LogP) is 2.19. The summed E-state index contributed by atoms with van der Waals surface area (Å²) in [7, 11) is 0. The van der Waals surface area contributed by atoms with Gasteiger partial charge in [-0.05, 0) is 30.6 Å². The van der Waals surface area contributed by atoms with E-state index in [0.29, 0.717) is 17.4 Å². The van der Waals surface area contributed by atoms with Gasteiger partial charge in [0.15, 0.2) is 0 Å². The van der Waals surface area contributed by atoms with Crippen LogP contribution in [0.25, 0.3) is 0 Å². The van der Waals surface area contributed by atoms with Crippen LogP contribution >= 0.6 is 0 Å². The third-order valence-corrected chi connectivity index (χ3v) is 4.72. The van der Waals surface area contributed by atoms with Gasteiger partial charge in [0.1, 0.15) is 0 Å². The van der Waals surface area contributed by atoms with Gasteiger partial charge in [0.25, 0.3) is 0 Å². The summed E-state index contributed by atoms with van der Waals surface area (Å²) >= 11 is 0. The van der Waals surface area contributed by atoms with Gasteiger partial charge in [-0.15, -0.1) is 0 Å². The van der Waals surface area contributed by atoms with Crippen molar-refractivity contribution in [2.75, 3.05) is 6.54 Å². The second-order valence-corrected chi connectivity index (χ2v) is 5.49. The number of hydrogen-bond donors (Lipinski definition) is 0. The Kier molecular flexibility index (Phi) is 1.71. The fraction of sp³-hybridized carbons (Fsp3) is 0.917. The van der Waals surface area contributed by atoms with Gasteiger partial charge in [0.05, 0.1) is 0 Å². The lowest BCUT2D eigenvalue weighted by Crippen LogP contribution is -2.30. The zero-order valence-corrected chi connectivity index (χ0v) is 8.96. The van der Waals surface area contributed by atoms with Crippen LogP contribution in [0.3, 0.4) is 0 Å². The molecular weight excluding hydrogens is 174 g/mol. The fourth-order valence-corrected chi connectivity index (χ4v) is 3.86. The molecule has 2 nitrogen and oxygen atoms in total. The van der Waals surface area contributed by atoms with E-state index in [-0.39, 0.29) is 0 Å². The molecule has 0 bridgehead atoms. The van der Waals surface area contributed by atoms with Gasteiger partial charge in [-0.3, -0.25) is 4.79 Å². The Bertz CT molecular complexity index is 275. The Labute approximate surface area is 85.7 Å². The van der Waals surface area contributed by atoms with Crippen LogP contribution in [-0.4, -0.2) is 23.4 Å². The van der Waals surface area contributed by atoms with Crippen LogP contribution in [0.2, 0.25) is 0 Å². The number of rotatable bonds is 1. The monoisotopic (exact) mass is 193 g/mol. The summed E-state index contributed by atoms with van der Waals surface area (Å²) in [6.45, 7) is 3.43. The normalized spacial score (nSPS) is 46.6. The first-order valence-electron chi connectivity index (χ1n) is 6.03. The van der Waals surface area contributed by atoms with Crippen molar-refractivity contribution < 1.29 is 4.79 Å². The van der Waals surface area contributed by atoms with Gasteiger partial charge in [-0.25, -0.2) is 0 Å². The molecule has 3 rings (SSSR count). The summed E-state index contributed by atoms with van der Waals surface area (Å²) in [6, 6.07) is 0.625. The van der Waals surface area contributed by atoms with Crippen molar-refractivity contribution in [1.29, 1.82) is 0 Å². The van der Waals surface area contributed by atoms with Crippen molar-refractivity contribution in [2.24, 2.45) is 11.3 Å². The van der Waals surface area contributed by atoms with E-state index in [1.165, 1.54) is 25.7 Å². The fourth-order valence-electron chi connectivity index (χ4n) is 3.86. The van der Waals surface area contributed by atoms with Crippen molar-refractivity contribution in [3.8, 4) is 0 Å². The van der Waals surface area contributed by atoms with Gasteiger partial charge < -0.3 is 4.90 Å². The second kappa shape index (κ2) is 2.74. The van der Waals surface area contributed by atoms with Gasteiger partial charge >= 0.3 is 0 Å². The molecule has 0 aromatic carbocycles. The Balaban J connectivity index is 1.78. The summed E-state index contributed by atoms with van der Waals surface area (Å²) in [5, 5.41) is 0. The highest BCUT2D eigenvalue weighted by molar-refractivity contribution is 5.79. The highest BCUT2D eigenvalue weighted by Gasteiger charge is 2.64. The number of nitrogens with zero attached hydrogens (tertiary/aromatic N) is 1. The summed E-state index contributed by atoms with van der Waals surface area (Å²) in [4.78, 5) is 13.9. The van der Waals surface area contributed by atoms with E-state index in [0.717, 1.165) is 25.3 Å². The molecule has 2 aliphatic carbocycles. The molecule has 3 aliphatic rings. The summed E-state index contributed by atoms with van der Waals surface area (Å²) in [5.74, 6) is 1.27. The lowest BCUT2D eigenvalue weighted by atomic mass is 9.90. The minimum absolute atomic E-state index is 0.422. The van der Waals surface area contributed by atoms with Gasteiger partial charge in [-0.1, -0.05) is 19.8 Å². The molecule has 1 heterocycles. The average Bonchev–Trinajstić information content (AvgIpc) is 2.57. The van der Waals surface area contributed by atoms with E-state index in [1.807, 2.05) is 0 Å². The quantitative estimate of drug-likeness (QED) is 0.625. The summed E-state index contributed by atoms with van der Waals surface area (Å²) in [6.07, 6.45) is 7.39. The van der Waals surface area contributed by atoms with E-state index in [1.54, 1.807) is 0 Å². The lowest BCUT2D eigenvalue weighted by molar-refractivity contribution is -0.128. The summed E-state index contributed by atoms with van der Waals surface area (Å²) < 4.78 is 0. The Hall–Kier alpha value is -0.530. The molecule has 1 amide bonds. The standard InChI is InChI=1S/C12H19NO/c1-12-7-3-2-5-9(12)11(12)13-8-4-6-10(13)14/h9,11H,2-8H2,1H3/t9-,11-,12-/m1/s1. The van der Waals surface area contributed by atoms with Crippen LogP contribution in [0, 0.1) is 11.3 Å². The SMILES string of the molecule is C[C@@]12CCCC[C@@H]1[C@H]2N1CCCC1=O. The molecule has 3 atom stereocenters. The molecule has 3 fully saturated rings. The maximum Gasteiger partial charge on any atom is 0.222 e. The van der Waals surface area contributed by atoms with Crippen molar-refractivity contribution in [2.45, 2.75) is 51.5 Å². The minimum atomic E-state index is 0.422.